The number of carbonyl (C=O) groups excluding carboxylic acids is 2. The number of carbonyl (C=O) groups is 2. The van der Waals surface area contributed by atoms with E-state index >= 15 is 0 Å². The molecule has 3 aromatic rings. The summed E-state index contributed by atoms with van der Waals surface area (Å²) in [5.74, 6) is -0.486. The number of thiophene rings is 3. The highest BCUT2D eigenvalue weighted by Crippen LogP contribution is 2.16. The van der Waals surface area contributed by atoms with Gasteiger partial charge >= 0.3 is 11.9 Å². The molecule has 3 heterocycles. The lowest BCUT2D eigenvalue weighted by molar-refractivity contribution is 0.0596. The lowest BCUT2D eigenvalue weighted by Gasteiger charge is -1.94. The van der Waals surface area contributed by atoms with E-state index in [1.165, 1.54) is 46.6 Å². The van der Waals surface area contributed by atoms with Gasteiger partial charge in [-0.15, -0.1) is 34.0 Å². The first-order chi connectivity index (χ1) is 12.8. The van der Waals surface area contributed by atoms with E-state index < -0.39 is 0 Å². The number of rotatable bonds is 2. The minimum absolute atomic E-state index is 0.243. The van der Waals surface area contributed by atoms with Gasteiger partial charge in [-0.3, -0.25) is 0 Å². The van der Waals surface area contributed by atoms with E-state index in [1.54, 1.807) is 0 Å². The van der Waals surface area contributed by atoms with E-state index in [2.05, 4.69) is 35.5 Å². The van der Waals surface area contributed by atoms with Gasteiger partial charge in [0.25, 0.3) is 0 Å². The fourth-order valence-corrected chi connectivity index (χ4v) is 4.37. The Morgan fingerprint density at radius 1 is 0.704 bits per heavy atom. The van der Waals surface area contributed by atoms with Crippen molar-refractivity contribution in [3.8, 4) is 0 Å². The Kier molecular flexibility index (Phi) is 9.99. The second-order valence-electron chi connectivity index (χ2n) is 5.51. The summed E-state index contributed by atoms with van der Waals surface area (Å²) in [4.78, 5) is 26.0. The molecule has 0 saturated heterocycles. The SMILES string of the molecule is COC(=O)c1sccc1C.COC(=O)c1sccc1C.Cc1ccc(C)s1. The van der Waals surface area contributed by atoms with Crippen molar-refractivity contribution in [2.75, 3.05) is 14.2 Å². The zero-order valence-electron chi connectivity index (χ0n) is 16.3. The first-order valence-electron chi connectivity index (χ1n) is 8.08. The Morgan fingerprint density at radius 2 is 1.07 bits per heavy atom. The summed E-state index contributed by atoms with van der Waals surface area (Å²) in [5.41, 5.74) is 1.97. The van der Waals surface area contributed by atoms with Gasteiger partial charge in [0.15, 0.2) is 0 Å². The Morgan fingerprint density at radius 3 is 1.26 bits per heavy atom. The summed E-state index contributed by atoms with van der Waals surface area (Å²) in [5, 5.41) is 3.75. The average Bonchev–Trinajstić information content (AvgIpc) is 3.36. The van der Waals surface area contributed by atoms with Crippen LogP contribution in [0.15, 0.2) is 35.0 Å². The molecule has 0 bridgehead atoms. The van der Waals surface area contributed by atoms with Crippen LogP contribution in [0.2, 0.25) is 0 Å². The second-order valence-corrected chi connectivity index (χ2v) is 8.83. The van der Waals surface area contributed by atoms with Crippen molar-refractivity contribution in [2.45, 2.75) is 27.7 Å². The van der Waals surface area contributed by atoms with Crippen LogP contribution in [0.3, 0.4) is 0 Å². The zero-order valence-corrected chi connectivity index (χ0v) is 18.8. The fraction of sp³-hybridized carbons (Fsp3) is 0.300. The van der Waals surface area contributed by atoms with Gasteiger partial charge in [0.05, 0.1) is 14.2 Å². The summed E-state index contributed by atoms with van der Waals surface area (Å²) in [6, 6.07) is 8.08. The third kappa shape index (κ3) is 7.66. The summed E-state index contributed by atoms with van der Waals surface area (Å²) in [6.45, 7) is 8.03. The normalized spacial score (nSPS) is 9.41. The number of methoxy groups -OCH3 is 2. The first kappa shape index (κ1) is 23.1. The maximum absolute atomic E-state index is 10.9. The van der Waals surface area contributed by atoms with E-state index in [0.717, 1.165) is 11.1 Å². The molecule has 0 N–H and O–H groups in total. The molecule has 0 spiro atoms. The predicted molar refractivity (Wildman–Crippen MR) is 115 cm³/mol. The molecular weight excluding hydrogens is 400 g/mol. The highest BCUT2D eigenvalue weighted by Gasteiger charge is 2.09. The number of hydrogen-bond acceptors (Lipinski definition) is 7. The molecule has 0 aliphatic rings. The molecule has 0 unspecified atom stereocenters. The van der Waals surface area contributed by atoms with Gasteiger partial charge < -0.3 is 9.47 Å². The standard InChI is InChI=1S/2C7H8O2S.C6H8S/c2*1-5-3-4-10-6(5)7(8)9-2;1-5-3-4-6(2)7-5/h2*3-4H,1-2H3;3-4H,1-2H3. The summed E-state index contributed by atoms with van der Waals surface area (Å²) in [6.07, 6.45) is 0. The smallest absolute Gasteiger partial charge is 0.348 e. The van der Waals surface area contributed by atoms with Crippen LogP contribution in [-0.4, -0.2) is 26.2 Å². The number of aryl methyl sites for hydroxylation is 4. The lowest BCUT2D eigenvalue weighted by atomic mass is 10.3. The van der Waals surface area contributed by atoms with E-state index in [0.29, 0.717) is 9.75 Å². The molecule has 0 aliphatic carbocycles. The molecule has 0 radical (unpaired) electrons. The predicted octanol–water partition coefficient (Wildman–Crippen LogP) is 6.05. The van der Waals surface area contributed by atoms with Crippen molar-refractivity contribution in [1.29, 1.82) is 0 Å². The fourth-order valence-electron chi connectivity index (χ4n) is 1.91. The largest absolute Gasteiger partial charge is 0.465 e. The van der Waals surface area contributed by atoms with Gasteiger partial charge in [-0.25, -0.2) is 9.59 Å². The average molecular weight is 425 g/mol. The van der Waals surface area contributed by atoms with E-state index in [-0.39, 0.29) is 11.9 Å². The maximum atomic E-state index is 10.9. The number of ether oxygens (including phenoxy) is 2. The highest BCUT2D eigenvalue weighted by molar-refractivity contribution is 7.12. The van der Waals surface area contributed by atoms with Crippen molar-refractivity contribution < 1.29 is 19.1 Å². The molecule has 0 aliphatic heterocycles. The van der Waals surface area contributed by atoms with Crippen LogP contribution < -0.4 is 0 Å². The zero-order chi connectivity index (χ0) is 20.4. The monoisotopic (exact) mass is 424 g/mol. The van der Waals surface area contributed by atoms with Gasteiger partial charge in [0.1, 0.15) is 9.75 Å². The summed E-state index contributed by atoms with van der Waals surface area (Å²) in [7, 11) is 2.78. The molecule has 0 amide bonds. The van der Waals surface area contributed by atoms with Crippen LogP contribution in [0.4, 0.5) is 0 Å². The molecular formula is C20H24O4S3. The van der Waals surface area contributed by atoms with E-state index in [4.69, 9.17) is 0 Å². The summed E-state index contributed by atoms with van der Waals surface area (Å²) < 4.78 is 9.09. The topological polar surface area (TPSA) is 52.6 Å². The molecule has 0 fully saturated rings. The molecule has 3 rings (SSSR count). The quantitative estimate of drug-likeness (QED) is 0.470. The molecule has 4 nitrogen and oxygen atoms in total. The molecule has 7 heteroatoms. The van der Waals surface area contributed by atoms with Crippen LogP contribution in [0.25, 0.3) is 0 Å². The second kappa shape index (κ2) is 11.7. The van der Waals surface area contributed by atoms with Gasteiger partial charge in [-0.1, -0.05) is 0 Å². The highest BCUT2D eigenvalue weighted by atomic mass is 32.1. The minimum atomic E-state index is -0.243. The molecule has 0 aromatic carbocycles. The van der Waals surface area contributed by atoms with Crippen molar-refractivity contribution in [3.63, 3.8) is 0 Å². The van der Waals surface area contributed by atoms with Gasteiger partial charge in [-0.2, -0.15) is 0 Å². The molecule has 3 aromatic heterocycles. The van der Waals surface area contributed by atoms with Crippen LogP contribution >= 0.6 is 34.0 Å². The lowest BCUT2D eigenvalue weighted by Crippen LogP contribution is -1.99. The summed E-state index contributed by atoms with van der Waals surface area (Å²) >= 11 is 4.66. The maximum Gasteiger partial charge on any atom is 0.348 e. The minimum Gasteiger partial charge on any atom is -0.465 e. The third-order valence-corrected chi connectivity index (χ3v) is 6.25. The Hall–Kier alpha value is -1.96. The van der Waals surface area contributed by atoms with Crippen LogP contribution in [0, 0.1) is 27.7 Å². The van der Waals surface area contributed by atoms with Crippen LogP contribution in [0.5, 0.6) is 0 Å². The van der Waals surface area contributed by atoms with E-state index in [9.17, 15) is 9.59 Å². The molecule has 0 atom stereocenters. The van der Waals surface area contributed by atoms with Crippen LogP contribution in [-0.2, 0) is 9.47 Å². The van der Waals surface area contributed by atoms with Gasteiger partial charge in [0.2, 0.25) is 0 Å². The molecule has 0 saturated carbocycles. The third-order valence-electron chi connectivity index (χ3n) is 3.34. The van der Waals surface area contributed by atoms with Crippen molar-refractivity contribution >= 4 is 45.9 Å². The van der Waals surface area contributed by atoms with Gasteiger partial charge in [-0.05, 0) is 73.8 Å². The van der Waals surface area contributed by atoms with E-state index in [1.807, 2.05) is 48.1 Å². The van der Waals surface area contributed by atoms with Crippen molar-refractivity contribution in [3.05, 3.63) is 65.7 Å². The van der Waals surface area contributed by atoms with Crippen molar-refractivity contribution in [1.82, 2.24) is 0 Å². The first-order valence-corrected chi connectivity index (χ1v) is 10.7. The van der Waals surface area contributed by atoms with Crippen molar-refractivity contribution in [2.24, 2.45) is 0 Å². The Balaban J connectivity index is 0.000000206. The number of hydrogen-bond donors (Lipinski definition) is 0. The number of esters is 2. The van der Waals surface area contributed by atoms with Gasteiger partial charge in [0, 0.05) is 9.75 Å². The Labute approximate surface area is 172 Å². The molecule has 146 valence electrons. The van der Waals surface area contributed by atoms with Crippen LogP contribution in [0.1, 0.15) is 40.2 Å². The Bertz CT molecular complexity index is 789. The molecule has 27 heavy (non-hydrogen) atoms.